The summed E-state index contributed by atoms with van der Waals surface area (Å²) in [5.74, 6) is -0.0338. The van der Waals surface area contributed by atoms with Crippen molar-refractivity contribution in [3.8, 4) is 5.75 Å². The number of benzene rings is 1. The SMILES string of the molecule is COc1cc(N2CCOCC2)ccc1F. The van der Waals surface area contributed by atoms with Crippen molar-refractivity contribution in [2.45, 2.75) is 0 Å². The lowest BCUT2D eigenvalue weighted by Crippen LogP contribution is -2.36. The topological polar surface area (TPSA) is 21.7 Å². The van der Waals surface area contributed by atoms with E-state index in [2.05, 4.69) is 4.90 Å². The molecule has 0 saturated carbocycles. The Morgan fingerprint density at radius 1 is 1.33 bits per heavy atom. The van der Waals surface area contributed by atoms with Gasteiger partial charge in [-0.15, -0.1) is 0 Å². The van der Waals surface area contributed by atoms with Crippen molar-refractivity contribution in [1.82, 2.24) is 0 Å². The zero-order valence-electron chi connectivity index (χ0n) is 8.70. The second kappa shape index (κ2) is 4.49. The summed E-state index contributed by atoms with van der Waals surface area (Å²) in [6.07, 6.45) is 0. The molecule has 0 N–H and O–H groups in total. The summed E-state index contributed by atoms with van der Waals surface area (Å²) in [4.78, 5) is 2.16. The first-order valence-corrected chi connectivity index (χ1v) is 4.97. The maximum absolute atomic E-state index is 13.2. The monoisotopic (exact) mass is 211 g/mol. The third kappa shape index (κ3) is 2.21. The van der Waals surface area contributed by atoms with Crippen molar-refractivity contribution in [2.75, 3.05) is 38.3 Å². The second-order valence-electron chi connectivity index (χ2n) is 3.42. The van der Waals surface area contributed by atoms with Crippen molar-refractivity contribution in [1.29, 1.82) is 0 Å². The predicted octanol–water partition coefficient (Wildman–Crippen LogP) is 1.67. The number of nitrogens with zero attached hydrogens (tertiary/aromatic N) is 1. The molecule has 0 atom stereocenters. The molecule has 0 radical (unpaired) electrons. The highest BCUT2D eigenvalue weighted by molar-refractivity contribution is 5.51. The molecule has 0 unspecified atom stereocenters. The smallest absolute Gasteiger partial charge is 0.165 e. The largest absolute Gasteiger partial charge is 0.494 e. The standard InChI is InChI=1S/C11H14FNO2/c1-14-11-8-9(2-3-10(11)12)13-4-6-15-7-5-13/h2-3,8H,4-7H2,1H3. The highest BCUT2D eigenvalue weighted by Gasteiger charge is 2.13. The van der Waals surface area contributed by atoms with Gasteiger partial charge in [0.05, 0.1) is 20.3 Å². The molecule has 1 aromatic rings. The fraction of sp³-hybridized carbons (Fsp3) is 0.455. The number of morpholine rings is 1. The van der Waals surface area contributed by atoms with E-state index in [1.165, 1.54) is 13.2 Å². The number of methoxy groups -OCH3 is 1. The van der Waals surface area contributed by atoms with Gasteiger partial charge in [-0.25, -0.2) is 4.39 Å². The molecule has 82 valence electrons. The van der Waals surface area contributed by atoms with Crippen LogP contribution in [-0.2, 0) is 4.74 Å². The van der Waals surface area contributed by atoms with E-state index in [-0.39, 0.29) is 5.82 Å². The van der Waals surface area contributed by atoms with E-state index in [0.29, 0.717) is 5.75 Å². The lowest BCUT2D eigenvalue weighted by molar-refractivity contribution is 0.122. The Kier molecular flexibility index (Phi) is 3.06. The van der Waals surface area contributed by atoms with Crippen LogP contribution in [0.4, 0.5) is 10.1 Å². The van der Waals surface area contributed by atoms with E-state index in [1.807, 2.05) is 0 Å². The van der Waals surface area contributed by atoms with E-state index in [0.717, 1.165) is 32.0 Å². The summed E-state index contributed by atoms with van der Waals surface area (Å²) >= 11 is 0. The van der Waals surface area contributed by atoms with Gasteiger partial charge in [0.15, 0.2) is 11.6 Å². The molecule has 0 aliphatic carbocycles. The molecule has 0 aromatic heterocycles. The molecular formula is C11H14FNO2. The van der Waals surface area contributed by atoms with E-state index < -0.39 is 0 Å². The Bertz CT molecular complexity index is 337. The summed E-state index contributed by atoms with van der Waals surface area (Å²) in [5, 5.41) is 0. The highest BCUT2D eigenvalue weighted by atomic mass is 19.1. The summed E-state index contributed by atoms with van der Waals surface area (Å²) < 4.78 is 23.4. The number of anilines is 1. The molecule has 1 fully saturated rings. The van der Waals surface area contributed by atoms with Gasteiger partial charge in [0.1, 0.15) is 0 Å². The van der Waals surface area contributed by atoms with Crippen molar-refractivity contribution in [3.63, 3.8) is 0 Å². The Balaban J connectivity index is 2.20. The maximum atomic E-state index is 13.2. The van der Waals surface area contributed by atoms with Gasteiger partial charge in [-0.1, -0.05) is 0 Å². The normalized spacial score (nSPS) is 16.5. The molecule has 2 rings (SSSR count). The van der Waals surface area contributed by atoms with Crippen LogP contribution in [-0.4, -0.2) is 33.4 Å². The number of ether oxygens (including phenoxy) is 2. The minimum atomic E-state index is -0.325. The minimum Gasteiger partial charge on any atom is -0.494 e. The Labute approximate surface area is 88.4 Å². The zero-order valence-corrected chi connectivity index (χ0v) is 8.70. The second-order valence-corrected chi connectivity index (χ2v) is 3.42. The lowest BCUT2D eigenvalue weighted by atomic mass is 10.2. The third-order valence-electron chi connectivity index (χ3n) is 2.51. The van der Waals surface area contributed by atoms with E-state index in [9.17, 15) is 4.39 Å². The van der Waals surface area contributed by atoms with Gasteiger partial charge in [-0.2, -0.15) is 0 Å². The van der Waals surface area contributed by atoms with Crippen molar-refractivity contribution >= 4 is 5.69 Å². The van der Waals surface area contributed by atoms with Gasteiger partial charge >= 0.3 is 0 Å². The molecule has 1 saturated heterocycles. The summed E-state index contributed by atoms with van der Waals surface area (Å²) in [6, 6.07) is 4.92. The number of hydrogen-bond donors (Lipinski definition) is 0. The fourth-order valence-electron chi connectivity index (χ4n) is 1.67. The van der Waals surface area contributed by atoms with Crippen molar-refractivity contribution in [3.05, 3.63) is 24.0 Å². The average Bonchev–Trinajstić information content (AvgIpc) is 2.31. The van der Waals surface area contributed by atoms with Gasteiger partial charge in [0, 0.05) is 24.8 Å². The molecule has 1 aliphatic rings. The highest BCUT2D eigenvalue weighted by Crippen LogP contribution is 2.24. The van der Waals surface area contributed by atoms with Gasteiger partial charge in [-0.3, -0.25) is 0 Å². The first-order valence-electron chi connectivity index (χ1n) is 4.97. The first-order chi connectivity index (χ1) is 7.31. The van der Waals surface area contributed by atoms with Crippen molar-refractivity contribution in [2.24, 2.45) is 0 Å². The van der Waals surface area contributed by atoms with Crippen LogP contribution in [0.25, 0.3) is 0 Å². The van der Waals surface area contributed by atoms with Crippen LogP contribution in [0.15, 0.2) is 18.2 Å². The average molecular weight is 211 g/mol. The summed E-state index contributed by atoms with van der Waals surface area (Å²) in [5.41, 5.74) is 0.983. The van der Waals surface area contributed by atoms with Gasteiger partial charge < -0.3 is 14.4 Å². The first kappa shape index (κ1) is 10.2. The third-order valence-corrected chi connectivity index (χ3v) is 2.51. The van der Waals surface area contributed by atoms with Crippen LogP contribution in [0, 0.1) is 5.82 Å². The molecule has 15 heavy (non-hydrogen) atoms. The van der Waals surface area contributed by atoms with Crippen LogP contribution in [0.5, 0.6) is 5.75 Å². The zero-order chi connectivity index (χ0) is 10.7. The summed E-state index contributed by atoms with van der Waals surface area (Å²) in [6.45, 7) is 3.13. The Morgan fingerprint density at radius 3 is 2.73 bits per heavy atom. The van der Waals surface area contributed by atoms with E-state index >= 15 is 0 Å². The molecule has 1 aliphatic heterocycles. The van der Waals surface area contributed by atoms with Crippen LogP contribution < -0.4 is 9.64 Å². The molecule has 1 aromatic carbocycles. The molecule has 1 heterocycles. The Morgan fingerprint density at radius 2 is 2.07 bits per heavy atom. The molecule has 0 spiro atoms. The Hall–Kier alpha value is -1.29. The van der Waals surface area contributed by atoms with E-state index in [4.69, 9.17) is 9.47 Å². The van der Waals surface area contributed by atoms with Crippen LogP contribution in [0.2, 0.25) is 0 Å². The van der Waals surface area contributed by atoms with Crippen LogP contribution in [0.3, 0.4) is 0 Å². The molecular weight excluding hydrogens is 197 g/mol. The number of halogens is 1. The lowest BCUT2D eigenvalue weighted by Gasteiger charge is -2.29. The van der Waals surface area contributed by atoms with E-state index in [1.54, 1.807) is 12.1 Å². The molecule has 3 nitrogen and oxygen atoms in total. The summed E-state index contributed by atoms with van der Waals surface area (Å²) in [7, 11) is 1.47. The van der Waals surface area contributed by atoms with Gasteiger partial charge in [0.25, 0.3) is 0 Å². The quantitative estimate of drug-likeness (QED) is 0.742. The maximum Gasteiger partial charge on any atom is 0.165 e. The minimum absolute atomic E-state index is 0.291. The van der Waals surface area contributed by atoms with Crippen LogP contribution in [0.1, 0.15) is 0 Å². The van der Waals surface area contributed by atoms with Crippen LogP contribution >= 0.6 is 0 Å². The molecule has 0 amide bonds. The fourth-order valence-corrected chi connectivity index (χ4v) is 1.67. The van der Waals surface area contributed by atoms with Gasteiger partial charge in [0.2, 0.25) is 0 Å². The number of hydrogen-bond acceptors (Lipinski definition) is 3. The van der Waals surface area contributed by atoms with Gasteiger partial charge in [-0.05, 0) is 12.1 Å². The molecule has 0 bridgehead atoms. The van der Waals surface area contributed by atoms with Crippen molar-refractivity contribution < 1.29 is 13.9 Å². The number of rotatable bonds is 2. The predicted molar refractivity (Wildman–Crippen MR) is 56.0 cm³/mol. The molecule has 4 heteroatoms.